The third kappa shape index (κ3) is 2.16. The number of anilines is 1. The molecule has 3 rings (SSSR count). The minimum atomic E-state index is -0.602. The molecule has 1 amide bonds. The molecule has 1 aromatic heterocycles. The van der Waals surface area contributed by atoms with Gasteiger partial charge in [-0.3, -0.25) is 14.5 Å². The minimum Gasteiger partial charge on any atom is -0.497 e. The van der Waals surface area contributed by atoms with Crippen molar-refractivity contribution in [1.82, 2.24) is 10.2 Å². The van der Waals surface area contributed by atoms with E-state index in [9.17, 15) is 9.59 Å². The number of amides is 1. The summed E-state index contributed by atoms with van der Waals surface area (Å²) >= 11 is 0. The van der Waals surface area contributed by atoms with E-state index in [-0.39, 0.29) is 6.54 Å². The highest BCUT2D eigenvalue weighted by Gasteiger charge is 2.37. The van der Waals surface area contributed by atoms with Crippen molar-refractivity contribution in [2.24, 2.45) is 0 Å². The van der Waals surface area contributed by atoms with Gasteiger partial charge in [0.25, 0.3) is 11.7 Å². The fraction of sp³-hybridized carbons (Fsp3) is 0.286. The van der Waals surface area contributed by atoms with Gasteiger partial charge in [-0.05, 0) is 12.1 Å². The maximum atomic E-state index is 12.1. The first kappa shape index (κ1) is 13.3. The Kier molecular flexibility index (Phi) is 3.17. The van der Waals surface area contributed by atoms with Crippen LogP contribution in [0.4, 0.5) is 5.69 Å². The van der Waals surface area contributed by atoms with Crippen LogP contribution in [0.5, 0.6) is 5.75 Å². The molecule has 0 spiro atoms. The summed E-state index contributed by atoms with van der Waals surface area (Å²) in [6, 6.07) is 4.88. The van der Waals surface area contributed by atoms with Crippen LogP contribution in [0.25, 0.3) is 0 Å². The highest BCUT2D eigenvalue weighted by Crippen LogP contribution is 2.33. The van der Waals surface area contributed by atoms with Gasteiger partial charge in [0.15, 0.2) is 0 Å². The second-order valence-corrected chi connectivity index (χ2v) is 4.55. The molecular weight excluding hydrogens is 274 g/mol. The second kappa shape index (κ2) is 5.01. The van der Waals surface area contributed by atoms with Crippen LogP contribution in [0.1, 0.15) is 29.1 Å². The number of Topliss-reactive ketones (excluding diaryl/α,β-unsaturated/α-hetero) is 1. The largest absolute Gasteiger partial charge is 0.497 e. The molecule has 108 valence electrons. The van der Waals surface area contributed by atoms with Crippen LogP contribution in [-0.2, 0) is 17.8 Å². The van der Waals surface area contributed by atoms with Crippen molar-refractivity contribution in [3.8, 4) is 5.75 Å². The normalized spacial score (nSPS) is 13.7. The molecule has 0 saturated carbocycles. The monoisotopic (exact) mass is 287 g/mol. The average molecular weight is 287 g/mol. The second-order valence-electron chi connectivity index (χ2n) is 4.55. The van der Waals surface area contributed by atoms with Crippen molar-refractivity contribution in [2.45, 2.75) is 19.9 Å². The summed E-state index contributed by atoms with van der Waals surface area (Å²) in [5, 5.41) is 7.72. The lowest BCUT2D eigenvalue weighted by atomic mass is 10.1. The maximum Gasteiger partial charge on any atom is 0.299 e. The number of fused-ring (bicyclic) bond motifs is 1. The number of ether oxygens (including phenoxy) is 1. The van der Waals surface area contributed by atoms with Gasteiger partial charge in [0, 0.05) is 12.5 Å². The SMILES string of the molecule is CCc1nnc(CN2C(=O)C(=O)c3ccc(OC)cc32)o1. The van der Waals surface area contributed by atoms with Gasteiger partial charge >= 0.3 is 0 Å². The van der Waals surface area contributed by atoms with Crippen molar-refractivity contribution >= 4 is 17.4 Å². The van der Waals surface area contributed by atoms with Gasteiger partial charge in [-0.1, -0.05) is 6.92 Å². The fourth-order valence-electron chi connectivity index (χ4n) is 2.19. The first-order valence-corrected chi connectivity index (χ1v) is 6.49. The molecule has 7 heteroatoms. The van der Waals surface area contributed by atoms with Gasteiger partial charge in [-0.25, -0.2) is 0 Å². The number of nitrogens with zero attached hydrogens (tertiary/aromatic N) is 3. The zero-order valence-electron chi connectivity index (χ0n) is 11.6. The predicted octanol–water partition coefficient (Wildman–Crippen LogP) is 1.37. The van der Waals surface area contributed by atoms with Gasteiger partial charge in [-0.2, -0.15) is 0 Å². The van der Waals surface area contributed by atoms with Crippen LogP contribution in [0.2, 0.25) is 0 Å². The third-order valence-electron chi connectivity index (χ3n) is 3.28. The van der Waals surface area contributed by atoms with Crippen molar-refractivity contribution in [3.05, 3.63) is 35.5 Å². The van der Waals surface area contributed by atoms with Gasteiger partial charge in [0.2, 0.25) is 11.8 Å². The summed E-state index contributed by atoms with van der Waals surface area (Å²) in [5.74, 6) is 0.218. The Hall–Kier alpha value is -2.70. The molecule has 0 atom stereocenters. The topological polar surface area (TPSA) is 85.5 Å². The first-order chi connectivity index (χ1) is 10.1. The number of carbonyl (C=O) groups excluding carboxylic acids is 2. The summed E-state index contributed by atoms with van der Waals surface area (Å²) in [5.41, 5.74) is 0.858. The lowest BCUT2D eigenvalue weighted by molar-refractivity contribution is -0.114. The van der Waals surface area contributed by atoms with Crippen molar-refractivity contribution in [3.63, 3.8) is 0 Å². The lowest BCUT2D eigenvalue weighted by Gasteiger charge is -2.14. The fourth-order valence-corrected chi connectivity index (χ4v) is 2.19. The van der Waals surface area contributed by atoms with E-state index in [0.29, 0.717) is 35.2 Å². The number of hydrogen-bond donors (Lipinski definition) is 0. The molecule has 1 aliphatic rings. The molecule has 0 fully saturated rings. The quantitative estimate of drug-likeness (QED) is 0.789. The summed E-state index contributed by atoms with van der Waals surface area (Å²) in [6.07, 6.45) is 0.615. The number of hydrogen-bond acceptors (Lipinski definition) is 6. The Balaban J connectivity index is 1.96. The molecule has 0 radical (unpaired) electrons. The van der Waals surface area contributed by atoms with Gasteiger partial charge in [0.05, 0.1) is 18.4 Å². The Morgan fingerprint density at radius 1 is 1.24 bits per heavy atom. The van der Waals surface area contributed by atoms with E-state index >= 15 is 0 Å². The van der Waals surface area contributed by atoms with Gasteiger partial charge in [-0.15, -0.1) is 10.2 Å². The van der Waals surface area contributed by atoms with Crippen LogP contribution in [-0.4, -0.2) is 29.0 Å². The highest BCUT2D eigenvalue weighted by molar-refractivity contribution is 6.52. The van der Waals surface area contributed by atoms with Gasteiger partial charge in [0.1, 0.15) is 12.3 Å². The molecule has 0 aliphatic carbocycles. The van der Waals surface area contributed by atoms with E-state index in [1.54, 1.807) is 18.2 Å². The number of aryl methyl sites for hydroxylation is 1. The Morgan fingerprint density at radius 2 is 2.00 bits per heavy atom. The zero-order valence-corrected chi connectivity index (χ0v) is 11.6. The number of carbonyl (C=O) groups is 2. The Morgan fingerprint density at radius 3 is 2.67 bits per heavy atom. The number of benzene rings is 1. The molecule has 2 heterocycles. The molecule has 1 aliphatic heterocycles. The van der Waals surface area contributed by atoms with E-state index in [0.717, 1.165) is 0 Å². The summed E-state index contributed by atoms with van der Waals surface area (Å²) < 4.78 is 10.5. The average Bonchev–Trinajstić information content (AvgIpc) is 3.06. The molecule has 0 N–H and O–H groups in total. The maximum absolute atomic E-state index is 12.1. The van der Waals surface area contributed by atoms with Crippen molar-refractivity contribution < 1.29 is 18.7 Å². The van der Waals surface area contributed by atoms with Crippen LogP contribution in [0.3, 0.4) is 0 Å². The summed E-state index contributed by atoms with van der Waals surface area (Å²) in [7, 11) is 1.52. The Labute approximate surface area is 120 Å². The smallest absolute Gasteiger partial charge is 0.299 e. The van der Waals surface area contributed by atoms with Gasteiger partial charge < -0.3 is 9.15 Å². The molecule has 2 aromatic rings. The zero-order chi connectivity index (χ0) is 15.0. The highest BCUT2D eigenvalue weighted by atomic mass is 16.5. The molecule has 1 aromatic carbocycles. The molecule has 7 nitrogen and oxygen atoms in total. The summed E-state index contributed by atoms with van der Waals surface area (Å²) in [4.78, 5) is 25.4. The van der Waals surface area contributed by atoms with Crippen LogP contribution < -0.4 is 9.64 Å². The number of rotatable bonds is 4. The van der Waals surface area contributed by atoms with E-state index in [1.165, 1.54) is 12.0 Å². The third-order valence-corrected chi connectivity index (χ3v) is 3.28. The minimum absolute atomic E-state index is 0.0672. The summed E-state index contributed by atoms with van der Waals surface area (Å²) in [6.45, 7) is 1.96. The number of ketones is 1. The Bertz CT molecular complexity index is 723. The van der Waals surface area contributed by atoms with Crippen molar-refractivity contribution in [2.75, 3.05) is 12.0 Å². The van der Waals surface area contributed by atoms with E-state index in [1.807, 2.05) is 6.92 Å². The molecule has 21 heavy (non-hydrogen) atoms. The number of aromatic nitrogens is 2. The molecule has 0 bridgehead atoms. The standard InChI is InChI=1S/C14H13N3O4/c1-3-11-15-16-12(21-11)7-17-10-6-8(20-2)4-5-9(10)13(18)14(17)19/h4-6H,3,7H2,1-2H3. The van der Waals surface area contributed by atoms with E-state index < -0.39 is 11.7 Å². The first-order valence-electron chi connectivity index (χ1n) is 6.49. The molecular formula is C14H13N3O4. The van der Waals surface area contributed by atoms with Crippen LogP contribution >= 0.6 is 0 Å². The van der Waals surface area contributed by atoms with E-state index in [4.69, 9.17) is 9.15 Å². The molecule has 0 unspecified atom stereocenters. The van der Waals surface area contributed by atoms with Crippen LogP contribution in [0, 0.1) is 0 Å². The van der Waals surface area contributed by atoms with Crippen LogP contribution in [0.15, 0.2) is 22.6 Å². The van der Waals surface area contributed by atoms with E-state index in [2.05, 4.69) is 10.2 Å². The van der Waals surface area contributed by atoms with Crippen molar-refractivity contribution in [1.29, 1.82) is 0 Å². The number of methoxy groups -OCH3 is 1. The molecule has 0 saturated heterocycles. The predicted molar refractivity (Wildman–Crippen MR) is 72.2 cm³/mol. The lowest BCUT2D eigenvalue weighted by Crippen LogP contribution is -2.29.